The van der Waals surface area contributed by atoms with E-state index in [-0.39, 0.29) is 11.1 Å². The third-order valence-corrected chi connectivity index (χ3v) is 2.48. The van der Waals surface area contributed by atoms with Crippen molar-refractivity contribution in [3.05, 3.63) is 65.0 Å². The Morgan fingerprint density at radius 3 is 2.65 bits per heavy atom. The van der Waals surface area contributed by atoms with Crippen LogP contribution < -0.4 is 0 Å². The lowest BCUT2D eigenvalue weighted by Crippen LogP contribution is -2.07. The van der Waals surface area contributed by atoms with Crippen LogP contribution in [0.1, 0.15) is 21.5 Å². The van der Waals surface area contributed by atoms with Gasteiger partial charge in [-0.25, -0.2) is 8.78 Å². The molecule has 0 unspecified atom stereocenters. The smallest absolute Gasteiger partial charge is 0.197 e. The molecular formula is C13H9F2NO. The lowest BCUT2D eigenvalue weighted by Gasteiger charge is -2.05. The van der Waals surface area contributed by atoms with E-state index in [0.717, 1.165) is 6.07 Å². The fraction of sp³-hybridized carbons (Fsp3) is 0.0769. The van der Waals surface area contributed by atoms with Crippen LogP contribution in [0.2, 0.25) is 0 Å². The van der Waals surface area contributed by atoms with Crippen molar-refractivity contribution in [1.29, 1.82) is 0 Å². The number of carbonyl (C=O) groups is 1. The predicted molar refractivity (Wildman–Crippen MR) is 58.8 cm³/mol. The van der Waals surface area contributed by atoms with Crippen LogP contribution in [-0.4, -0.2) is 10.8 Å². The summed E-state index contributed by atoms with van der Waals surface area (Å²) in [4.78, 5) is 15.8. The van der Waals surface area contributed by atoms with Crippen molar-refractivity contribution in [2.45, 2.75) is 6.92 Å². The first kappa shape index (κ1) is 11.4. The van der Waals surface area contributed by atoms with Gasteiger partial charge in [0.05, 0.1) is 5.56 Å². The first-order chi connectivity index (χ1) is 8.11. The summed E-state index contributed by atoms with van der Waals surface area (Å²) in [6.07, 6.45) is 2.88. The van der Waals surface area contributed by atoms with Gasteiger partial charge >= 0.3 is 0 Å². The average molecular weight is 233 g/mol. The highest BCUT2D eigenvalue weighted by Gasteiger charge is 2.18. The fourth-order valence-electron chi connectivity index (χ4n) is 1.53. The first-order valence-corrected chi connectivity index (χ1v) is 5.00. The molecule has 2 rings (SSSR count). The summed E-state index contributed by atoms with van der Waals surface area (Å²) in [5, 5.41) is 0. The van der Waals surface area contributed by atoms with Crippen molar-refractivity contribution in [1.82, 2.24) is 4.98 Å². The van der Waals surface area contributed by atoms with E-state index in [4.69, 9.17) is 0 Å². The molecular weight excluding hydrogens is 224 g/mol. The second kappa shape index (κ2) is 4.41. The second-order valence-electron chi connectivity index (χ2n) is 3.62. The van der Waals surface area contributed by atoms with Crippen LogP contribution in [-0.2, 0) is 0 Å². The van der Waals surface area contributed by atoms with Gasteiger partial charge in [-0.2, -0.15) is 0 Å². The van der Waals surface area contributed by atoms with Crippen LogP contribution in [0.5, 0.6) is 0 Å². The molecule has 0 aliphatic heterocycles. The Balaban J connectivity index is 2.52. The Hall–Kier alpha value is -2.10. The number of benzene rings is 1. The molecule has 2 aromatic rings. The molecule has 0 aliphatic rings. The SMILES string of the molecule is Cc1ccncc1C(=O)c1cccc(F)c1F. The highest BCUT2D eigenvalue weighted by atomic mass is 19.2. The number of halogens is 2. The molecule has 86 valence electrons. The Morgan fingerprint density at radius 1 is 1.18 bits per heavy atom. The van der Waals surface area contributed by atoms with Crippen molar-refractivity contribution in [2.24, 2.45) is 0 Å². The molecule has 0 saturated carbocycles. The fourth-order valence-corrected chi connectivity index (χ4v) is 1.53. The molecule has 0 atom stereocenters. The largest absolute Gasteiger partial charge is 0.288 e. The van der Waals surface area contributed by atoms with E-state index in [1.165, 1.54) is 24.5 Å². The summed E-state index contributed by atoms with van der Waals surface area (Å²) >= 11 is 0. The number of rotatable bonds is 2. The first-order valence-electron chi connectivity index (χ1n) is 5.00. The highest BCUT2D eigenvalue weighted by Crippen LogP contribution is 2.17. The number of hydrogen-bond acceptors (Lipinski definition) is 2. The minimum atomic E-state index is -1.12. The van der Waals surface area contributed by atoms with Crippen molar-refractivity contribution in [2.75, 3.05) is 0 Å². The van der Waals surface area contributed by atoms with E-state index in [2.05, 4.69) is 4.98 Å². The van der Waals surface area contributed by atoms with E-state index in [9.17, 15) is 13.6 Å². The maximum Gasteiger partial charge on any atom is 0.197 e. The van der Waals surface area contributed by atoms with E-state index < -0.39 is 17.4 Å². The summed E-state index contributed by atoms with van der Waals surface area (Å²) in [5.41, 5.74) is 0.673. The zero-order valence-electron chi connectivity index (χ0n) is 9.08. The molecule has 2 nitrogen and oxygen atoms in total. The molecule has 4 heteroatoms. The number of pyridine rings is 1. The lowest BCUT2D eigenvalue weighted by molar-refractivity contribution is 0.103. The molecule has 1 heterocycles. The van der Waals surface area contributed by atoms with Crippen molar-refractivity contribution < 1.29 is 13.6 Å². The molecule has 0 fully saturated rings. The van der Waals surface area contributed by atoms with Gasteiger partial charge in [0.25, 0.3) is 0 Å². The number of hydrogen-bond donors (Lipinski definition) is 0. The van der Waals surface area contributed by atoms with E-state index >= 15 is 0 Å². The molecule has 0 spiro atoms. The van der Waals surface area contributed by atoms with Gasteiger partial charge in [-0.3, -0.25) is 9.78 Å². The lowest BCUT2D eigenvalue weighted by atomic mass is 10.0. The standard InChI is InChI=1S/C13H9F2NO/c1-8-5-6-16-7-10(8)13(17)9-3-2-4-11(14)12(9)15/h2-7H,1H3. The third kappa shape index (κ3) is 2.06. The van der Waals surface area contributed by atoms with Crippen LogP contribution in [0, 0.1) is 18.6 Å². The maximum absolute atomic E-state index is 13.5. The Labute approximate surface area is 96.9 Å². The maximum atomic E-state index is 13.5. The normalized spacial score (nSPS) is 10.3. The average Bonchev–Trinajstić information content (AvgIpc) is 2.32. The third-order valence-electron chi connectivity index (χ3n) is 2.48. The zero-order chi connectivity index (χ0) is 12.4. The van der Waals surface area contributed by atoms with Gasteiger partial charge in [0.2, 0.25) is 0 Å². The summed E-state index contributed by atoms with van der Waals surface area (Å²) in [6, 6.07) is 5.18. The summed E-state index contributed by atoms with van der Waals surface area (Å²) < 4.78 is 26.5. The van der Waals surface area contributed by atoms with Gasteiger partial charge in [-0.05, 0) is 30.7 Å². The number of aromatic nitrogens is 1. The number of ketones is 1. The van der Waals surface area contributed by atoms with Crippen LogP contribution in [0.4, 0.5) is 8.78 Å². The van der Waals surface area contributed by atoms with Gasteiger partial charge in [0, 0.05) is 18.0 Å². The summed E-state index contributed by atoms with van der Waals surface area (Å²) in [6.45, 7) is 1.71. The van der Waals surface area contributed by atoms with Gasteiger partial charge in [0.15, 0.2) is 17.4 Å². The van der Waals surface area contributed by atoms with Crippen molar-refractivity contribution >= 4 is 5.78 Å². The molecule has 0 saturated heterocycles. The topological polar surface area (TPSA) is 30.0 Å². The van der Waals surface area contributed by atoms with E-state index in [1.54, 1.807) is 13.0 Å². The van der Waals surface area contributed by atoms with Gasteiger partial charge in [-0.15, -0.1) is 0 Å². The zero-order valence-corrected chi connectivity index (χ0v) is 9.08. The summed E-state index contributed by atoms with van der Waals surface area (Å²) in [5.74, 6) is -2.72. The number of nitrogens with zero attached hydrogens (tertiary/aromatic N) is 1. The van der Waals surface area contributed by atoms with E-state index in [1.807, 2.05) is 0 Å². The quantitative estimate of drug-likeness (QED) is 0.746. The molecule has 1 aromatic heterocycles. The monoisotopic (exact) mass is 233 g/mol. The number of carbonyl (C=O) groups excluding carboxylic acids is 1. The molecule has 1 aromatic carbocycles. The Kier molecular flexibility index (Phi) is 2.95. The second-order valence-corrected chi connectivity index (χ2v) is 3.62. The summed E-state index contributed by atoms with van der Waals surface area (Å²) in [7, 11) is 0. The Bertz CT molecular complexity index is 581. The van der Waals surface area contributed by atoms with Crippen LogP contribution in [0.3, 0.4) is 0 Å². The Morgan fingerprint density at radius 2 is 1.94 bits per heavy atom. The van der Waals surface area contributed by atoms with E-state index in [0.29, 0.717) is 5.56 Å². The van der Waals surface area contributed by atoms with Crippen LogP contribution in [0.15, 0.2) is 36.7 Å². The van der Waals surface area contributed by atoms with Gasteiger partial charge < -0.3 is 0 Å². The van der Waals surface area contributed by atoms with Gasteiger partial charge in [-0.1, -0.05) is 6.07 Å². The predicted octanol–water partition coefficient (Wildman–Crippen LogP) is 2.90. The van der Waals surface area contributed by atoms with Crippen LogP contribution in [0.25, 0.3) is 0 Å². The highest BCUT2D eigenvalue weighted by molar-refractivity contribution is 6.09. The molecule has 17 heavy (non-hydrogen) atoms. The van der Waals surface area contributed by atoms with Gasteiger partial charge in [0.1, 0.15) is 0 Å². The number of aryl methyl sites for hydroxylation is 1. The van der Waals surface area contributed by atoms with Crippen molar-refractivity contribution in [3.63, 3.8) is 0 Å². The molecule has 0 amide bonds. The van der Waals surface area contributed by atoms with Crippen molar-refractivity contribution in [3.8, 4) is 0 Å². The minimum Gasteiger partial charge on any atom is -0.288 e. The molecule has 0 radical (unpaired) electrons. The van der Waals surface area contributed by atoms with Crippen LogP contribution >= 0.6 is 0 Å². The molecule has 0 bridgehead atoms. The minimum absolute atomic E-state index is 0.275. The molecule has 0 N–H and O–H groups in total. The molecule has 0 aliphatic carbocycles.